The fourth-order valence-electron chi connectivity index (χ4n) is 2.48. The van der Waals surface area contributed by atoms with E-state index in [2.05, 4.69) is 6.92 Å². The number of Topliss-reactive ketones (excluding diaryl/α,β-unsaturated/α-hetero) is 1. The van der Waals surface area contributed by atoms with Gasteiger partial charge in [-0.2, -0.15) is 0 Å². The van der Waals surface area contributed by atoms with Gasteiger partial charge in [0.1, 0.15) is 5.75 Å². The Hall–Kier alpha value is -1.02. The molecule has 2 rings (SSSR count). The summed E-state index contributed by atoms with van der Waals surface area (Å²) in [6.45, 7) is 3.80. The second kappa shape index (κ2) is 5.75. The van der Waals surface area contributed by atoms with Crippen LogP contribution in [-0.4, -0.2) is 11.9 Å². The molecule has 1 aromatic rings. The molecule has 3 heteroatoms. The third-order valence-corrected chi connectivity index (χ3v) is 3.82. The van der Waals surface area contributed by atoms with Gasteiger partial charge in [0.05, 0.1) is 11.1 Å². The molecule has 0 aliphatic heterocycles. The summed E-state index contributed by atoms with van der Waals surface area (Å²) >= 11 is 6.15. The van der Waals surface area contributed by atoms with Gasteiger partial charge in [0.25, 0.3) is 0 Å². The summed E-state index contributed by atoms with van der Waals surface area (Å²) in [5.41, 5.74) is 0.629. The van der Waals surface area contributed by atoms with Gasteiger partial charge in [-0.1, -0.05) is 24.9 Å². The van der Waals surface area contributed by atoms with Crippen LogP contribution in [0, 0.1) is 5.92 Å². The molecular formula is C15H19ClO2. The van der Waals surface area contributed by atoms with Crippen molar-refractivity contribution >= 4 is 17.4 Å². The summed E-state index contributed by atoms with van der Waals surface area (Å²) in [7, 11) is 0. The molecule has 0 bridgehead atoms. The number of carbonyl (C=O) groups excluding carboxylic acids is 1. The maximum atomic E-state index is 11.2. The number of carbonyl (C=O) groups is 1. The summed E-state index contributed by atoms with van der Waals surface area (Å²) < 4.78 is 5.95. The van der Waals surface area contributed by atoms with Crippen LogP contribution >= 0.6 is 11.6 Å². The van der Waals surface area contributed by atoms with Crippen LogP contribution in [0.5, 0.6) is 5.75 Å². The molecule has 0 spiro atoms. The summed E-state index contributed by atoms with van der Waals surface area (Å²) in [5, 5.41) is 0.529. The number of hydrogen-bond acceptors (Lipinski definition) is 2. The van der Waals surface area contributed by atoms with Gasteiger partial charge in [0.2, 0.25) is 0 Å². The van der Waals surface area contributed by atoms with Crippen molar-refractivity contribution in [3.8, 4) is 5.75 Å². The summed E-state index contributed by atoms with van der Waals surface area (Å²) in [6, 6.07) is 5.26. The van der Waals surface area contributed by atoms with Crippen molar-refractivity contribution in [2.45, 2.75) is 45.6 Å². The maximum absolute atomic E-state index is 11.2. The number of benzene rings is 1. The number of ketones is 1. The Morgan fingerprint density at radius 3 is 2.78 bits per heavy atom. The predicted octanol–water partition coefficient (Wildman–Crippen LogP) is 4.50. The third kappa shape index (κ3) is 3.26. The zero-order valence-corrected chi connectivity index (χ0v) is 11.7. The fraction of sp³-hybridized carbons (Fsp3) is 0.533. The van der Waals surface area contributed by atoms with E-state index in [0.29, 0.717) is 16.3 Å². The lowest BCUT2D eigenvalue weighted by molar-refractivity contribution is 0.101. The molecule has 98 valence electrons. The van der Waals surface area contributed by atoms with Gasteiger partial charge < -0.3 is 4.74 Å². The van der Waals surface area contributed by atoms with Crippen molar-refractivity contribution in [2.24, 2.45) is 5.92 Å². The fourth-order valence-corrected chi connectivity index (χ4v) is 2.71. The molecule has 0 amide bonds. The van der Waals surface area contributed by atoms with E-state index in [1.54, 1.807) is 18.2 Å². The molecule has 18 heavy (non-hydrogen) atoms. The lowest BCUT2D eigenvalue weighted by atomic mass is 9.89. The number of hydrogen-bond donors (Lipinski definition) is 0. The van der Waals surface area contributed by atoms with Crippen LogP contribution in [0.1, 0.15) is 49.9 Å². The minimum atomic E-state index is 0.0229. The van der Waals surface area contributed by atoms with Gasteiger partial charge in [-0.05, 0) is 50.3 Å². The van der Waals surface area contributed by atoms with E-state index in [9.17, 15) is 4.79 Å². The van der Waals surface area contributed by atoms with Crippen LogP contribution in [0.25, 0.3) is 0 Å². The molecule has 0 aromatic heterocycles. The Morgan fingerprint density at radius 2 is 2.17 bits per heavy atom. The zero-order valence-electron chi connectivity index (χ0n) is 10.9. The first kappa shape index (κ1) is 13.4. The average molecular weight is 267 g/mol. The molecule has 0 saturated heterocycles. The van der Waals surface area contributed by atoms with Crippen LogP contribution in [0.4, 0.5) is 0 Å². The van der Waals surface area contributed by atoms with E-state index in [-0.39, 0.29) is 11.9 Å². The number of ether oxygens (including phenoxy) is 1. The molecule has 2 atom stereocenters. The van der Waals surface area contributed by atoms with Crippen LogP contribution < -0.4 is 4.74 Å². The van der Waals surface area contributed by atoms with Gasteiger partial charge in [0, 0.05) is 5.56 Å². The summed E-state index contributed by atoms with van der Waals surface area (Å²) in [4.78, 5) is 11.2. The molecule has 0 N–H and O–H groups in total. The van der Waals surface area contributed by atoms with E-state index in [0.717, 1.165) is 18.8 Å². The highest BCUT2D eigenvalue weighted by Crippen LogP contribution is 2.31. The van der Waals surface area contributed by atoms with Crippen molar-refractivity contribution in [2.75, 3.05) is 0 Å². The van der Waals surface area contributed by atoms with Crippen molar-refractivity contribution in [1.29, 1.82) is 0 Å². The second-order valence-corrected chi connectivity index (χ2v) is 5.62. The highest BCUT2D eigenvalue weighted by atomic mass is 35.5. The molecule has 2 nitrogen and oxygen atoms in total. The van der Waals surface area contributed by atoms with Crippen molar-refractivity contribution in [1.82, 2.24) is 0 Å². The maximum Gasteiger partial charge on any atom is 0.159 e. The smallest absolute Gasteiger partial charge is 0.159 e. The van der Waals surface area contributed by atoms with Gasteiger partial charge in [-0.3, -0.25) is 4.79 Å². The van der Waals surface area contributed by atoms with Crippen LogP contribution in [0.3, 0.4) is 0 Å². The van der Waals surface area contributed by atoms with Crippen LogP contribution in [0.15, 0.2) is 18.2 Å². The highest BCUT2D eigenvalue weighted by Gasteiger charge is 2.21. The molecule has 1 fully saturated rings. The Bertz CT molecular complexity index is 442. The molecule has 1 aromatic carbocycles. The van der Waals surface area contributed by atoms with Crippen LogP contribution in [-0.2, 0) is 0 Å². The third-order valence-electron chi connectivity index (χ3n) is 3.52. The first-order valence-corrected chi connectivity index (χ1v) is 6.91. The van der Waals surface area contributed by atoms with Crippen LogP contribution in [0.2, 0.25) is 5.02 Å². The molecule has 1 saturated carbocycles. The topological polar surface area (TPSA) is 26.3 Å². The monoisotopic (exact) mass is 266 g/mol. The predicted molar refractivity (Wildman–Crippen MR) is 73.5 cm³/mol. The molecule has 2 unspecified atom stereocenters. The molecular weight excluding hydrogens is 248 g/mol. The minimum Gasteiger partial charge on any atom is -0.489 e. The lowest BCUT2D eigenvalue weighted by Crippen LogP contribution is -2.24. The SMILES string of the molecule is CC(=O)c1ccc(OC2CCCC(C)C2)c(Cl)c1. The molecule has 0 radical (unpaired) electrons. The van der Waals surface area contributed by atoms with Crippen molar-refractivity contribution in [3.05, 3.63) is 28.8 Å². The van der Waals surface area contributed by atoms with Crippen molar-refractivity contribution in [3.63, 3.8) is 0 Å². The lowest BCUT2D eigenvalue weighted by Gasteiger charge is -2.27. The average Bonchev–Trinajstić information content (AvgIpc) is 2.31. The molecule has 0 heterocycles. The summed E-state index contributed by atoms with van der Waals surface area (Å²) in [6.07, 6.45) is 4.95. The minimum absolute atomic E-state index is 0.0229. The van der Waals surface area contributed by atoms with Gasteiger partial charge in [0.15, 0.2) is 5.78 Å². The normalized spacial score (nSPS) is 23.7. The Kier molecular flexibility index (Phi) is 4.28. The Balaban J connectivity index is 2.07. The zero-order chi connectivity index (χ0) is 13.1. The van der Waals surface area contributed by atoms with Crippen molar-refractivity contribution < 1.29 is 9.53 Å². The molecule has 1 aliphatic carbocycles. The standard InChI is InChI=1S/C15H19ClO2/c1-10-4-3-5-13(8-10)18-15-7-6-12(11(2)17)9-14(15)16/h6-7,9-10,13H,3-5,8H2,1-2H3. The summed E-state index contributed by atoms with van der Waals surface area (Å²) in [5.74, 6) is 1.44. The second-order valence-electron chi connectivity index (χ2n) is 5.21. The largest absolute Gasteiger partial charge is 0.489 e. The van der Waals surface area contributed by atoms with E-state index >= 15 is 0 Å². The highest BCUT2D eigenvalue weighted by molar-refractivity contribution is 6.32. The number of rotatable bonds is 3. The first-order valence-electron chi connectivity index (χ1n) is 6.53. The Labute approximate surface area is 113 Å². The molecule has 1 aliphatic rings. The van der Waals surface area contributed by atoms with E-state index in [1.807, 2.05) is 0 Å². The van der Waals surface area contributed by atoms with Gasteiger partial charge >= 0.3 is 0 Å². The van der Waals surface area contributed by atoms with E-state index in [4.69, 9.17) is 16.3 Å². The first-order chi connectivity index (χ1) is 8.56. The Morgan fingerprint density at radius 1 is 1.39 bits per heavy atom. The van der Waals surface area contributed by atoms with E-state index < -0.39 is 0 Å². The van der Waals surface area contributed by atoms with Gasteiger partial charge in [-0.15, -0.1) is 0 Å². The van der Waals surface area contributed by atoms with Gasteiger partial charge in [-0.25, -0.2) is 0 Å². The number of halogens is 1. The van der Waals surface area contributed by atoms with E-state index in [1.165, 1.54) is 19.8 Å². The quantitative estimate of drug-likeness (QED) is 0.753.